The van der Waals surface area contributed by atoms with Crippen LogP contribution in [0.15, 0.2) is 0 Å². The Balaban J connectivity index is 0.0000000907. The summed E-state index contributed by atoms with van der Waals surface area (Å²) in [6.07, 6.45) is 9.01. The van der Waals surface area contributed by atoms with Crippen molar-refractivity contribution >= 4 is 0 Å². The molecule has 0 bridgehead atoms. The second-order valence-corrected chi connectivity index (χ2v) is 12.1. The fourth-order valence-corrected chi connectivity index (χ4v) is 8.58. The summed E-state index contributed by atoms with van der Waals surface area (Å²) in [5.41, 5.74) is 0. The third-order valence-electron chi connectivity index (χ3n) is 10.1. The lowest BCUT2D eigenvalue weighted by molar-refractivity contribution is -0.140. The van der Waals surface area contributed by atoms with Gasteiger partial charge >= 0.3 is 0 Å². The maximum atomic E-state index is 2.67. The van der Waals surface area contributed by atoms with Gasteiger partial charge in [0.05, 0.1) is 0 Å². The van der Waals surface area contributed by atoms with E-state index in [2.05, 4.69) is 44.1 Å². The highest BCUT2D eigenvalue weighted by Crippen LogP contribution is 2.28. The Bertz CT molecular complexity index is 619. The minimum absolute atomic E-state index is 0.691. The highest BCUT2D eigenvalue weighted by molar-refractivity contribution is 4.93. The van der Waals surface area contributed by atoms with Crippen LogP contribution >= 0.6 is 0 Å². The van der Waals surface area contributed by atoms with E-state index in [1.165, 1.54) is 150 Å². The Morgan fingerprint density at radius 1 is 0.200 bits per heavy atom. The minimum atomic E-state index is 0.691. The smallest absolute Gasteiger partial charge is 0.119 e. The van der Waals surface area contributed by atoms with Crippen molar-refractivity contribution in [2.24, 2.45) is 0 Å². The Labute approximate surface area is 213 Å². The molecule has 198 valence electrons. The third kappa shape index (κ3) is 4.59. The van der Waals surface area contributed by atoms with E-state index in [4.69, 9.17) is 0 Å². The van der Waals surface area contributed by atoms with Gasteiger partial charge in [0.1, 0.15) is 18.9 Å². The van der Waals surface area contributed by atoms with Crippen LogP contribution in [0.2, 0.25) is 0 Å². The number of nitrogens with zero attached hydrogens (tertiary/aromatic N) is 9. The van der Waals surface area contributed by atoms with E-state index < -0.39 is 0 Å². The highest BCUT2D eigenvalue weighted by atomic mass is 15.6. The first-order valence-electron chi connectivity index (χ1n) is 15.0. The average Bonchev–Trinajstić information content (AvgIpc) is 3.68. The molecule has 9 aliphatic heterocycles. The molecule has 9 nitrogen and oxygen atoms in total. The van der Waals surface area contributed by atoms with Gasteiger partial charge in [-0.1, -0.05) is 0 Å². The summed E-state index contributed by atoms with van der Waals surface area (Å²) < 4.78 is 0. The molecule has 0 N–H and O–H groups in total. The Morgan fingerprint density at radius 2 is 0.343 bits per heavy atom. The van der Waals surface area contributed by atoms with Crippen molar-refractivity contribution in [3.8, 4) is 0 Å². The Morgan fingerprint density at radius 3 is 0.543 bits per heavy atom. The molecule has 9 fully saturated rings. The van der Waals surface area contributed by atoms with Crippen molar-refractivity contribution in [3.63, 3.8) is 0 Å². The first-order valence-corrected chi connectivity index (χ1v) is 15.0. The quantitative estimate of drug-likeness (QED) is 0.453. The molecule has 0 amide bonds. The molecule has 0 saturated carbocycles. The molecular weight excluding hydrogens is 438 g/mol. The molecule has 0 spiro atoms. The third-order valence-corrected chi connectivity index (χ3v) is 10.1. The number of hydrogen-bond acceptors (Lipinski definition) is 9. The molecule has 9 rings (SSSR count). The summed E-state index contributed by atoms with van der Waals surface area (Å²) >= 11 is 0. The van der Waals surface area contributed by atoms with Crippen LogP contribution in [0.5, 0.6) is 0 Å². The van der Waals surface area contributed by atoms with Gasteiger partial charge in [0.2, 0.25) is 0 Å². The van der Waals surface area contributed by atoms with E-state index in [1.54, 1.807) is 0 Å². The zero-order valence-electron chi connectivity index (χ0n) is 22.0. The van der Waals surface area contributed by atoms with Crippen LogP contribution in [0, 0.1) is 0 Å². The summed E-state index contributed by atoms with van der Waals surface area (Å²) in [6, 6.07) is 0. The molecule has 35 heavy (non-hydrogen) atoms. The van der Waals surface area contributed by atoms with Crippen LogP contribution in [0.4, 0.5) is 0 Å². The van der Waals surface area contributed by atoms with E-state index >= 15 is 0 Å². The average molecular weight is 488 g/mol. The fourth-order valence-electron chi connectivity index (χ4n) is 8.58. The van der Waals surface area contributed by atoms with E-state index in [9.17, 15) is 0 Å². The molecule has 0 aromatic carbocycles. The molecule has 9 saturated heterocycles. The zero-order valence-corrected chi connectivity index (χ0v) is 22.0. The molecule has 0 atom stereocenters. The lowest BCUT2D eigenvalue weighted by atomic mass is 10.1. The SMILES string of the molecule is C1CN2CCCN3CCCN(C1)C23.C1CN2CCCN3CCN(C1)C23.C1CN2CCN3CCN1C23. The number of rotatable bonds is 0. The lowest BCUT2D eigenvalue weighted by Crippen LogP contribution is -2.67. The second kappa shape index (κ2) is 10.4. The van der Waals surface area contributed by atoms with E-state index in [0.717, 1.165) is 6.29 Å². The van der Waals surface area contributed by atoms with Gasteiger partial charge in [0.25, 0.3) is 0 Å². The maximum Gasteiger partial charge on any atom is 0.119 e. The largest absolute Gasteiger partial charge is 0.275 e. The maximum absolute atomic E-state index is 2.67. The first kappa shape index (κ1) is 23.7. The van der Waals surface area contributed by atoms with Gasteiger partial charge in [-0.05, 0) is 32.1 Å². The first-order chi connectivity index (χ1) is 17.3. The van der Waals surface area contributed by atoms with Gasteiger partial charge in [-0.3, -0.25) is 44.1 Å². The molecule has 9 heteroatoms. The van der Waals surface area contributed by atoms with Crippen molar-refractivity contribution in [1.82, 2.24) is 44.1 Å². The van der Waals surface area contributed by atoms with E-state index in [0.29, 0.717) is 12.6 Å². The summed E-state index contributed by atoms with van der Waals surface area (Å²) in [5.74, 6) is 0. The summed E-state index contributed by atoms with van der Waals surface area (Å²) in [5, 5.41) is 0. The van der Waals surface area contributed by atoms with Crippen LogP contribution in [-0.4, -0.2) is 181 Å². The van der Waals surface area contributed by atoms with Crippen LogP contribution in [-0.2, 0) is 0 Å². The summed E-state index contributed by atoms with van der Waals surface area (Å²) in [7, 11) is 0. The molecule has 9 heterocycles. The molecule has 0 aliphatic carbocycles. The monoisotopic (exact) mass is 487 g/mol. The van der Waals surface area contributed by atoms with Gasteiger partial charge in [0.15, 0.2) is 0 Å². The molecule has 9 aliphatic rings. The molecular formula is C26H49N9. The minimum Gasteiger partial charge on any atom is -0.275 e. The Kier molecular flexibility index (Phi) is 7.07. The molecule has 0 aromatic rings. The van der Waals surface area contributed by atoms with Crippen molar-refractivity contribution in [2.75, 3.05) is 118 Å². The van der Waals surface area contributed by atoms with E-state index in [1.807, 2.05) is 0 Å². The van der Waals surface area contributed by atoms with Crippen molar-refractivity contribution in [1.29, 1.82) is 0 Å². The van der Waals surface area contributed by atoms with Gasteiger partial charge in [-0.2, -0.15) is 0 Å². The van der Waals surface area contributed by atoms with Crippen molar-refractivity contribution < 1.29 is 0 Å². The summed E-state index contributed by atoms with van der Waals surface area (Å²) in [6.45, 7) is 23.8. The van der Waals surface area contributed by atoms with Crippen LogP contribution in [0.1, 0.15) is 32.1 Å². The van der Waals surface area contributed by atoms with Crippen molar-refractivity contribution in [3.05, 3.63) is 0 Å². The van der Waals surface area contributed by atoms with E-state index in [-0.39, 0.29) is 0 Å². The van der Waals surface area contributed by atoms with Gasteiger partial charge in [0, 0.05) is 118 Å². The van der Waals surface area contributed by atoms with Gasteiger partial charge < -0.3 is 0 Å². The fraction of sp³-hybridized carbons (Fsp3) is 1.00. The van der Waals surface area contributed by atoms with Gasteiger partial charge in [-0.15, -0.1) is 0 Å². The zero-order chi connectivity index (χ0) is 23.2. The van der Waals surface area contributed by atoms with Crippen LogP contribution < -0.4 is 0 Å². The summed E-state index contributed by atoms with van der Waals surface area (Å²) in [4.78, 5) is 23.7. The normalized spacial score (nSPS) is 34.3. The standard InChI is InChI=1S/C10H19N3.C9H17N3.C7H13N3/c1-4-11-6-2-8-13-9-3-7-12(5-1)10(11)13;1-3-10-4-2-6-12-8-7-11(5-1)9(10)12;1-2-9-5-6-10-4-3-8(1)7(9)10/h10H,1-9H2;9H,1-8H2;7H,1-6H2. The Hall–Kier alpha value is -0.360. The second-order valence-electron chi connectivity index (χ2n) is 12.1. The predicted octanol–water partition coefficient (Wildman–Crippen LogP) is -0.399. The van der Waals surface area contributed by atoms with Crippen LogP contribution in [0.25, 0.3) is 0 Å². The lowest BCUT2D eigenvalue weighted by Gasteiger charge is -2.54. The molecule has 0 unspecified atom stereocenters. The van der Waals surface area contributed by atoms with Crippen LogP contribution in [0.3, 0.4) is 0 Å². The highest BCUT2D eigenvalue weighted by Gasteiger charge is 2.44. The molecule has 0 radical (unpaired) electrons. The predicted molar refractivity (Wildman–Crippen MR) is 139 cm³/mol. The number of hydrogen-bond donors (Lipinski definition) is 0. The van der Waals surface area contributed by atoms with Gasteiger partial charge in [-0.25, -0.2) is 0 Å². The van der Waals surface area contributed by atoms with Crippen molar-refractivity contribution in [2.45, 2.75) is 51.0 Å². The topological polar surface area (TPSA) is 29.2 Å². The molecule has 0 aromatic heterocycles.